The molecule has 0 radical (unpaired) electrons. The number of nitrogens with zero attached hydrogens (tertiary/aromatic N) is 3. The Morgan fingerprint density at radius 3 is 2.69 bits per heavy atom. The molecule has 3 heterocycles. The Morgan fingerprint density at radius 2 is 1.86 bits per heavy atom. The highest BCUT2D eigenvalue weighted by Gasteiger charge is 2.25. The molecule has 7 nitrogen and oxygen atoms in total. The highest BCUT2D eigenvalue weighted by Crippen LogP contribution is 2.27. The zero-order valence-corrected chi connectivity index (χ0v) is 21.0. The highest BCUT2D eigenvalue weighted by molar-refractivity contribution is 5.91. The molecule has 186 valence electrons. The lowest BCUT2D eigenvalue weighted by Crippen LogP contribution is -2.35. The van der Waals surface area contributed by atoms with Gasteiger partial charge in [-0.1, -0.05) is 26.8 Å². The lowest BCUT2D eigenvalue weighted by Gasteiger charge is -2.20. The number of amides is 1. The Balaban J connectivity index is 1.13. The summed E-state index contributed by atoms with van der Waals surface area (Å²) in [6.45, 7) is 10.3. The third-order valence-corrected chi connectivity index (χ3v) is 6.85. The van der Waals surface area contributed by atoms with Crippen molar-refractivity contribution in [3.05, 3.63) is 70.8 Å². The van der Waals surface area contributed by atoms with Gasteiger partial charge in [-0.25, -0.2) is 4.98 Å². The molecule has 0 bridgehead atoms. The lowest BCUT2D eigenvalue weighted by molar-refractivity contribution is 0.0724. The molecule has 0 atom stereocenters. The Bertz CT molecular complexity index is 1170. The predicted octanol–water partition coefficient (Wildman–Crippen LogP) is 4.98. The minimum atomic E-state index is -0.0678. The molecule has 1 amide bonds. The number of rotatable bonds is 6. The van der Waals surface area contributed by atoms with Gasteiger partial charge in [0.15, 0.2) is 5.76 Å². The second-order valence-electron chi connectivity index (χ2n) is 10.6. The van der Waals surface area contributed by atoms with Crippen LogP contribution in [0.4, 0.5) is 0 Å². The highest BCUT2D eigenvalue weighted by atomic mass is 16.5. The Hall–Kier alpha value is -3.06. The van der Waals surface area contributed by atoms with Crippen molar-refractivity contribution in [1.29, 1.82) is 0 Å². The molecule has 1 fully saturated rings. The summed E-state index contributed by atoms with van der Waals surface area (Å²) in [6, 6.07) is 9.89. The van der Waals surface area contributed by atoms with Gasteiger partial charge in [-0.2, -0.15) is 0 Å². The van der Waals surface area contributed by atoms with Crippen LogP contribution in [0.1, 0.15) is 72.7 Å². The maximum Gasteiger partial charge on any atom is 0.289 e. The van der Waals surface area contributed by atoms with E-state index in [2.05, 4.69) is 42.8 Å². The van der Waals surface area contributed by atoms with E-state index in [0.29, 0.717) is 37.8 Å². The normalized spacial score (nSPS) is 16.8. The van der Waals surface area contributed by atoms with Crippen molar-refractivity contribution in [2.45, 2.75) is 65.0 Å². The van der Waals surface area contributed by atoms with E-state index in [-0.39, 0.29) is 11.3 Å². The van der Waals surface area contributed by atoms with Gasteiger partial charge in [0.2, 0.25) is 5.89 Å². The summed E-state index contributed by atoms with van der Waals surface area (Å²) < 4.78 is 17.7. The molecule has 0 saturated carbocycles. The largest absolute Gasteiger partial charge is 0.486 e. The summed E-state index contributed by atoms with van der Waals surface area (Å²) >= 11 is 0. The zero-order valence-electron chi connectivity index (χ0n) is 21.0. The number of carbonyl (C=O) groups excluding carboxylic acids is 1. The number of hydrogen-bond acceptors (Lipinski definition) is 6. The number of benzene rings is 1. The van der Waals surface area contributed by atoms with Crippen LogP contribution in [-0.4, -0.2) is 46.9 Å². The summed E-state index contributed by atoms with van der Waals surface area (Å²) in [7, 11) is 0. The summed E-state index contributed by atoms with van der Waals surface area (Å²) in [5.74, 6) is 3.43. The van der Waals surface area contributed by atoms with Crippen LogP contribution in [0.3, 0.4) is 0 Å². The third kappa shape index (κ3) is 5.61. The first kappa shape index (κ1) is 23.7. The minimum Gasteiger partial charge on any atom is -0.486 e. The maximum absolute atomic E-state index is 13.1. The first-order chi connectivity index (χ1) is 16.8. The van der Waals surface area contributed by atoms with Gasteiger partial charge in [-0.05, 0) is 61.1 Å². The number of oxazole rings is 1. The van der Waals surface area contributed by atoms with E-state index >= 15 is 0 Å². The van der Waals surface area contributed by atoms with Gasteiger partial charge in [0.1, 0.15) is 23.9 Å². The van der Waals surface area contributed by atoms with Crippen LogP contribution < -0.4 is 4.74 Å². The molecule has 0 spiro atoms. The Labute approximate surface area is 207 Å². The third-order valence-electron chi connectivity index (χ3n) is 6.85. The molecule has 1 saturated heterocycles. The van der Waals surface area contributed by atoms with E-state index < -0.39 is 0 Å². The summed E-state index contributed by atoms with van der Waals surface area (Å²) in [5, 5.41) is 0. The molecule has 1 aliphatic heterocycles. The van der Waals surface area contributed by atoms with Crippen LogP contribution in [0.2, 0.25) is 0 Å². The molecule has 35 heavy (non-hydrogen) atoms. The van der Waals surface area contributed by atoms with Crippen molar-refractivity contribution in [1.82, 2.24) is 14.8 Å². The SMILES string of the molecule is CC(C)(C)c1cnc(CN2CCCN(C(=O)c3ccc(COc4ccc5c(c4)CCC5)o3)CC2)o1. The number of aryl methyl sites for hydroxylation is 2. The quantitative estimate of drug-likeness (QED) is 0.499. The van der Waals surface area contributed by atoms with Crippen LogP contribution in [0.25, 0.3) is 0 Å². The minimum absolute atomic E-state index is 0.0543. The van der Waals surface area contributed by atoms with Crippen LogP contribution in [-0.2, 0) is 31.4 Å². The van der Waals surface area contributed by atoms with Crippen molar-refractivity contribution >= 4 is 5.91 Å². The maximum atomic E-state index is 13.1. The molecule has 7 heteroatoms. The molecule has 5 rings (SSSR count). The summed E-state index contributed by atoms with van der Waals surface area (Å²) in [5.41, 5.74) is 2.75. The molecule has 3 aromatic rings. The number of carbonyl (C=O) groups is 1. The summed E-state index contributed by atoms with van der Waals surface area (Å²) in [4.78, 5) is 21.7. The second kappa shape index (κ2) is 9.90. The molecule has 1 aliphatic carbocycles. The van der Waals surface area contributed by atoms with Crippen LogP contribution in [0.15, 0.2) is 45.4 Å². The molecule has 2 aromatic heterocycles. The fraction of sp³-hybridized carbons (Fsp3) is 0.500. The van der Waals surface area contributed by atoms with Crippen molar-refractivity contribution in [3.63, 3.8) is 0 Å². The first-order valence-corrected chi connectivity index (χ1v) is 12.7. The molecule has 0 N–H and O–H groups in total. The molecular formula is C28H35N3O4. The first-order valence-electron chi connectivity index (χ1n) is 12.7. The standard InChI is InChI=1S/C28H35N3O4/c1-28(2,3)25-17-29-26(35-25)18-30-12-5-13-31(15-14-30)27(32)24-11-10-23(34-24)19-33-22-9-8-20-6-4-7-21(20)16-22/h8-11,16-17H,4-7,12-15,18-19H2,1-3H3. The van der Waals surface area contributed by atoms with E-state index in [1.165, 1.54) is 17.5 Å². The van der Waals surface area contributed by atoms with Gasteiger partial charge in [0, 0.05) is 31.6 Å². The monoisotopic (exact) mass is 477 g/mol. The second-order valence-corrected chi connectivity index (χ2v) is 10.6. The predicted molar refractivity (Wildman–Crippen MR) is 133 cm³/mol. The molecule has 0 unspecified atom stereocenters. The Kier molecular flexibility index (Phi) is 6.69. The number of fused-ring (bicyclic) bond motifs is 1. The van der Waals surface area contributed by atoms with Crippen LogP contribution in [0, 0.1) is 0 Å². The van der Waals surface area contributed by atoms with E-state index in [4.69, 9.17) is 13.6 Å². The lowest BCUT2D eigenvalue weighted by atomic mass is 9.94. The van der Waals surface area contributed by atoms with Gasteiger partial charge in [-0.15, -0.1) is 0 Å². The van der Waals surface area contributed by atoms with Gasteiger partial charge in [0.25, 0.3) is 5.91 Å². The van der Waals surface area contributed by atoms with Crippen LogP contribution >= 0.6 is 0 Å². The fourth-order valence-electron chi connectivity index (χ4n) is 4.77. The zero-order chi connectivity index (χ0) is 24.4. The summed E-state index contributed by atoms with van der Waals surface area (Å²) in [6.07, 6.45) is 6.22. The number of ether oxygens (including phenoxy) is 1. The van der Waals surface area contributed by atoms with Gasteiger partial charge in [0.05, 0.1) is 12.7 Å². The van der Waals surface area contributed by atoms with Crippen molar-refractivity contribution in [3.8, 4) is 5.75 Å². The molecule has 1 aromatic carbocycles. The van der Waals surface area contributed by atoms with Gasteiger partial charge < -0.3 is 18.5 Å². The van der Waals surface area contributed by atoms with Crippen molar-refractivity contribution in [2.24, 2.45) is 0 Å². The van der Waals surface area contributed by atoms with Gasteiger partial charge in [-0.3, -0.25) is 9.69 Å². The van der Waals surface area contributed by atoms with Crippen molar-refractivity contribution in [2.75, 3.05) is 26.2 Å². The van der Waals surface area contributed by atoms with Crippen molar-refractivity contribution < 1.29 is 18.4 Å². The number of hydrogen-bond donors (Lipinski definition) is 0. The Morgan fingerprint density at radius 1 is 1.00 bits per heavy atom. The topological polar surface area (TPSA) is 72.0 Å². The fourth-order valence-corrected chi connectivity index (χ4v) is 4.77. The van der Waals surface area contributed by atoms with E-state index in [1.54, 1.807) is 6.07 Å². The van der Waals surface area contributed by atoms with Crippen LogP contribution in [0.5, 0.6) is 5.75 Å². The number of furan rings is 1. The molecular weight excluding hydrogens is 442 g/mol. The number of aromatic nitrogens is 1. The van der Waals surface area contributed by atoms with E-state index in [9.17, 15) is 4.79 Å². The van der Waals surface area contributed by atoms with E-state index in [1.807, 2.05) is 23.2 Å². The smallest absolute Gasteiger partial charge is 0.289 e. The average molecular weight is 478 g/mol. The van der Waals surface area contributed by atoms with E-state index in [0.717, 1.165) is 49.8 Å². The average Bonchev–Trinajstić information content (AvgIpc) is 3.56. The van der Waals surface area contributed by atoms with Gasteiger partial charge >= 0.3 is 0 Å². The molecule has 2 aliphatic rings.